The van der Waals surface area contributed by atoms with Crippen LogP contribution in [0.25, 0.3) is 22.6 Å². The van der Waals surface area contributed by atoms with Crippen molar-refractivity contribution in [2.45, 2.75) is 53.3 Å². The standard InChI is InChI=1S/C34H35F3N6O2S/c1-5-7-26-9-8-22(2)20-30(26)42-18-6-19-46-33(42)40-32(44)39-24(4)23(3)25-10-12-27(13-11-25)31-38-21-43(41-31)28-14-16-29(17-15-28)45-34(35,36)37/h8-17,20-21H,5-7,18-19H2,1-4H3,(H,39,44)/b24-23+,40-33?. The highest BCUT2D eigenvalue weighted by Gasteiger charge is 2.31. The van der Waals surface area contributed by atoms with Crippen LogP contribution in [0, 0.1) is 6.92 Å². The molecule has 4 aromatic rings. The van der Waals surface area contributed by atoms with Crippen molar-refractivity contribution in [3.63, 3.8) is 0 Å². The maximum absolute atomic E-state index is 13.1. The number of rotatable bonds is 8. The average Bonchev–Trinajstić information content (AvgIpc) is 3.52. The first-order valence-electron chi connectivity index (χ1n) is 15.0. The molecule has 12 heteroatoms. The molecule has 1 fully saturated rings. The van der Waals surface area contributed by atoms with Crippen LogP contribution in [0.4, 0.5) is 23.7 Å². The highest BCUT2D eigenvalue weighted by atomic mass is 32.2. The van der Waals surface area contributed by atoms with Crippen molar-refractivity contribution in [3.05, 3.63) is 95.4 Å². The van der Waals surface area contributed by atoms with Crippen LogP contribution in [0.1, 0.15) is 50.3 Å². The fourth-order valence-electron chi connectivity index (χ4n) is 5.06. The Labute approximate surface area is 270 Å². The number of hydrogen-bond acceptors (Lipinski definition) is 5. The summed E-state index contributed by atoms with van der Waals surface area (Å²) in [7, 11) is 0. The lowest BCUT2D eigenvalue weighted by atomic mass is 10.0. The van der Waals surface area contributed by atoms with Crippen LogP contribution in [0.5, 0.6) is 5.75 Å². The van der Waals surface area contributed by atoms with Crippen molar-refractivity contribution in [3.8, 4) is 22.8 Å². The van der Waals surface area contributed by atoms with Crippen LogP contribution in [0.2, 0.25) is 0 Å². The first-order chi connectivity index (χ1) is 22.0. The maximum atomic E-state index is 13.1. The normalized spacial score (nSPS) is 15.1. The van der Waals surface area contributed by atoms with Gasteiger partial charge in [-0.05, 0) is 86.2 Å². The molecular formula is C34H35F3N6O2S. The summed E-state index contributed by atoms with van der Waals surface area (Å²) in [6.07, 6.45) is -0.245. The molecule has 0 atom stereocenters. The Hall–Kier alpha value is -4.58. The zero-order chi connectivity index (χ0) is 32.8. The number of hydrogen-bond donors (Lipinski definition) is 1. The van der Waals surface area contributed by atoms with E-state index in [1.54, 1.807) is 11.8 Å². The zero-order valence-corrected chi connectivity index (χ0v) is 26.9. The molecule has 1 saturated heterocycles. The van der Waals surface area contributed by atoms with E-state index in [1.807, 2.05) is 38.1 Å². The predicted octanol–water partition coefficient (Wildman–Crippen LogP) is 8.55. The molecule has 46 heavy (non-hydrogen) atoms. The van der Waals surface area contributed by atoms with Crippen molar-refractivity contribution in [1.29, 1.82) is 0 Å². The zero-order valence-electron chi connectivity index (χ0n) is 26.1. The molecule has 1 aromatic heterocycles. The van der Waals surface area contributed by atoms with Gasteiger partial charge >= 0.3 is 12.4 Å². The largest absolute Gasteiger partial charge is 0.573 e. The third kappa shape index (κ3) is 8.16. The summed E-state index contributed by atoms with van der Waals surface area (Å²) in [6, 6.07) is 19.0. The number of alkyl halides is 3. The average molecular weight is 649 g/mol. The van der Waals surface area contributed by atoms with Crippen molar-refractivity contribution >= 4 is 34.2 Å². The van der Waals surface area contributed by atoms with E-state index in [-0.39, 0.29) is 5.75 Å². The van der Waals surface area contributed by atoms with E-state index in [0.717, 1.165) is 53.9 Å². The second kappa shape index (κ2) is 14.2. The Morgan fingerprint density at radius 3 is 2.50 bits per heavy atom. The molecule has 3 aromatic carbocycles. The Morgan fingerprint density at radius 2 is 1.80 bits per heavy atom. The number of carbonyl (C=O) groups excluding carboxylic acids is 1. The number of aliphatic imine (C=N–C) groups is 1. The summed E-state index contributed by atoms with van der Waals surface area (Å²) in [6.45, 7) is 8.84. The van der Waals surface area contributed by atoms with Crippen molar-refractivity contribution in [2.24, 2.45) is 4.99 Å². The van der Waals surface area contributed by atoms with Crippen LogP contribution < -0.4 is 15.0 Å². The van der Waals surface area contributed by atoms with Crippen LogP contribution >= 0.6 is 11.8 Å². The number of carbonyl (C=O) groups is 1. The van der Waals surface area contributed by atoms with Gasteiger partial charge in [-0.25, -0.2) is 14.5 Å². The van der Waals surface area contributed by atoms with E-state index in [0.29, 0.717) is 22.4 Å². The summed E-state index contributed by atoms with van der Waals surface area (Å²) in [5, 5.41) is 8.11. The Kier molecular flexibility index (Phi) is 10.2. The fourth-order valence-corrected chi connectivity index (χ4v) is 6.01. The molecule has 2 amide bonds. The molecule has 2 heterocycles. The molecule has 0 unspecified atom stereocenters. The minimum absolute atomic E-state index is 0.312. The number of halogens is 3. The van der Waals surface area contributed by atoms with E-state index >= 15 is 0 Å². The number of thioether (sulfide) groups is 1. The minimum atomic E-state index is -4.75. The molecule has 1 N–H and O–H groups in total. The number of benzene rings is 3. The monoisotopic (exact) mass is 648 g/mol. The van der Waals surface area contributed by atoms with Crippen molar-refractivity contribution in [2.75, 3.05) is 17.2 Å². The van der Waals surface area contributed by atoms with Crippen LogP contribution in [-0.4, -0.2) is 44.6 Å². The summed E-state index contributed by atoms with van der Waals surface area (Å²) >= 11 is 1.60. The number of ether oxygens (including phenoxy) is 1. The number of nitrogens with one attached hydrogen (secondary N) is 1. The maximum Gasteiger partial charge on any atom is 0.573 e. The predicted molar refractivity (Wildman–Crippen MR) is 177 cm³/mol. The molecule has 0 saturated carbocycles. The topological polar surface area (TPSA) is 84.6 Å². The van der Waals surface area contributed by atoms with Gasteiger partial charge < -0.3 is 15.0 Å². The van der Waals surface area contributed by atoms with Gasteiger partial charge in [0, 0.05) is 29.2 Å². The number of aryl methyl sites for hydroxylation is 2. The van der Waals surface area contributed by atoms with E-state index in [4.69, 9.17) is 0 Å². The van der Waals surface area contributed by atoms with Gasteiger partial charge in [0.15, 0.2) is 11.0 Å². The Balaban J connectivity index is 1.27. The van der Waals surface area contributed by atoms with E-state index in [9.17, 15) is 18.0 Å². The highest BCUT2D eigenvalue weighted by molar-refractivity contribution is 8.14. The lowest BCUT2D eigenvalue weighted by Gasteiger charge is -2.31. The molecular weight excluding hydrogens is 613 g/mol. The first-order valence-corrected chi connectivity index (χ1v) is 15.9. The van der Waals surface area contributed by atoms with Gasteiger partial charge in [-0.15, -0.1) is 18.3 Å². The second-order valence-electron chi connectivity index (χ2n) is 10.9. The van der Waals surface area contributed by atoms with Gasteiger partial charge in [0.25, 0.3) is 0 Å². The van der Waals surface area contributed by atoms with Crippen molar-refractivity contribution in [1.82, 2.24) is 20.1 Å². The molecule has 240 valence electrons. The lowest BCUT2D eigenvalue weighted by Crippen LogP contribution is -2.36. The third-order valence-corrected chi connectivity index (χ3v) is 8.56. The smallest absolute Gasteiger partial charge is 0.406 e. The minimum Gasteiger partial charge on any atom is -0.406 e. The summed E-state index contributed by atoms with van der Waals surface area (Å²) in [5.74, 6) is 1.05. The third-order valence-electron chi connectivity index (χ3n) is 7.50. The molecule has 5 rings (SSSR count). The van der Waals surface area contributed by atoms with E-state index in [2.05, 4.69) is 62.1 Å². The molecule has 8 nitrogen and oxygen atoms in total. The number of allylic oxidation sites excluding steroid dienone is 2. The molecule has 0 bridgehead atoms. The number of amides is 2. The Morgan fingerprint density at radius 1 is 1.07 bits per heavy atom. The molecule has 0 spiro atoms. The van der Waals surface area contributed by atoms with Gasteiger partial charge in [0.2, 0.25) is 0 Å². The fraction of sp³-hybridized carbons (Fsp3) is 0.294. The Bertz CT molecular complexity index is 1750. The SMILES string of the molecule is CCCc1ccc(C)cc1N1CCCSC1=NC(=O)N/C(C)=C(\C)c1ccc(-c2ncn(-c3ccc(OC(F)(F)F)cc3)n2)cc1. The van der Waals surface area contributed by atoms with E-state index in [1.165, 1.54) is 46.4 Å². The van der Waals surface area contributed by atoms with Gasteiger partial charge in [0.1, 0.15) is 12.1 Å². The number of anilines is 1. The second-order valence-corrected chi connectivity index (χ2v) is 12.0. The number of urea groups is 1. The van der Waals surface area contributed by atoms with Crippen LogP contribution in [0.15, 0.2) is 83.7 Å². The summed E-state index contributed by atoms with van der Waals surface area (Å²) < 4.78 is 42.7. The molecule has 1 aliphatic rings. The first kappa shape index (κ1) is 32.8. The lowest BCUT2D eigenvalue weighted by molar-refractivity contribution is -0.274. The molecule has 0 aliphatic carbocycles. The summed E-state index contributed by atoms with van der Waals surface area (Å²) in [5.41, 5.74) is 7.33. The van der Waals surface area contributed by atoms with Crippen LogP contribution in [0.3, 0.4) is 0 Å². The van der Waals surface area contributed by atoms with Crippen molar-refractivity contribution < 1.29 is 22.7 Å². The summed E-state index contributed by atoms with van der Waals surface area (Å²) in [4.78, 5) is 24.1. The van der Waals surface area contributed by atoms with Gasteiger partial charge in [-0.2, -0.15) is 4.99 Å². The van der Waals surface area contributed by atoms with E-state index < -0.39 is 12.4 Å². The number of aromatic nitrogens is 3. The highest BCUT2D eigenvalue weighted by Crippen LogP contribution is 2.30. The quantitative estimate of drug-likeness (QED) is 0.206. The number of amidine groups is 1. The van der Waals surface area contributed by atoms with Gasteiger partial charge in [0.05, 0.1) is 5.69 Å². The van der Waals surface area contributed by atoms with Crippen LogP contribution in [-0.2, 0) is 6.42 Å². The van der Waals surface area contributed by atoms with Gasteiger partial charge in [-0.1, -0.05) is 61.5 Å². The molecule has 1 aliphatic heterocycles. The number of nitrogens with zero attached hydrogens (tertiary/aromatic N) is 5. The molecule has 0 radical (unpaired) electrons. The van der Waals surface area contributed by atoms with Gasteiger partial charge in [-0.3, -0.25) is 0 Å².